The first-order valence-corrected chi connectivity index (χ1v) is 8.42. The molecule has 0 aliphatic heterocycles. The van der Waals surface area contributed by atoms with Gasteiger partial charge in [-0.05, 0) is 23.1 Å². The lowest BCUT2D eigenvalue weighted by Gasteiger charge is -2.15. The summed E-state index contributed by atoms with van der Waals surface area (Å²) < 4.78 is 10.8. The smallest absolute Gasteiger partial charge is 0.185 e. The van der Waals surface area contributed by atoms with Crippen molar-refractivity contribution in [1.82, 2.24) is 0 Å². The highest BCUT2D eigenvalue weighted by atomic mass is 16.7. The van der Waals surface area contributed by atoms with Crippen LogP contribution in [0.1, 0.15) is 23.0 Å². The minimum atomic E-state index is -0.464. The largest absolute Gasteiger partial charge is 0.352 e. The Morgan fingerprint density at radius 1 is 0.731 bits per heavy atom. The van der Waals surface area contributed by atoms with E-state index in [9.17, 15) is 0 Å². The molecule has 0 fully saturated rings. The number of hydrogen-bond acceptors (Lipinski definition) is 3. The number of ether oxygens (including phenoxy) is 2. The standard InChI is InChI=1S/C23H21NO2/c1-25-23(26-2)20-15-9-10-16-22(20)24-17-21(18-11-5-3-6-12-18)19-13-7-4-8-14-19/h3-16,23H,1-2H3. The van der Waals surface area contributed by atoms with Crippen molar-refractivity contribution in [2.24, 2.45) is 4.99 Å². The fourth-order valence-corrected chi connectivity index (χ4v) is 2.76. The number of para-hydroxylation sites is 1. The van der Waals surface area contributed by atoms with Crippen LogP contribution in [0.3, 0.4) is 0 Å². The van der Waals surface area contributed by atoms with E-state index in [0.717, 1.165) is 28.0 Å². The van der Waals surface area contributed by atoms with Gasteiger partial charge in [-0.3, -0.25) is 0 Å². The maximum atomic E-state index is 5.39. The highest BCUT2D eigenvalue weighted by Crippen LogP contribution is 2.28. The number of hydrogen-bond donors (Lipinski definition) is 0. The van der Waals surface area contributed by atoms with Crippen LogP contribution < -0.4 is 0 Å². The van der Waals surface area contributed by atoms with Crippen molar-refractivity contribution in [3.63, 3.8) is 0 Å². The molecule has 3 aromatic rings. The van der Waals surface area contributed by atoms with Gasteiger partial charge in [-0.15, -0.1) is 0 Å². The van der Waals surface area contributed by atoms with Crippen LogP contribution in [-0.2, 0) is 9.47 Å². The quantitative estimate of drug-likeness (QED) is 0.442. The van der Waals surface area contributed by atoms with Crippen molar-refractivity contribution in [2.75, 3.05) is 14.2 Å². The van der Waals surface area contributed by atoms with Gasteiger partial charge < -0.3 is 9.47 Å². The monoisotopic (exact) mass is 343 g/mol. The van der Waals surface area contributed by atoms with E-state index in [1.165, 1.54) is 0 Å². The Labute approximate surface area is 154 Å². The Morgan fingerprint density at radius 3 is 1.77 bits per heavy atom. The molecule has 0 bridgehead atoms. The second kappa shape index (κ2) is 8.93. The molecule has 3 heteroatoms. The van der Waals surface area contributed by atoms with Gasteiger partial charge in [-0.1, -0.05) is 78.9 Å². The highest BCUT2D eigenvalue weighted by molar-refractivity contribution is 5.99. The molecular formula is C23H21NO2. The van der Waals surface area contributed by atoms with E-state index in [4.69, 9.17) is 9.47 Å². The molecule has 130 valence electrons. The van der Waals surface area contributed by atoms with E-state index >= 15 is 0 Å². The molecule has 0 aromatic heterocycles. The fraction of sp³-hybridized carbons (Fsp3) is 0.130. The van der Waals surface area contributed by atoms with Gasteiger partial charge in [0.05, 0.1) is 11.3 Å². The van der Waals surface area contributed by atoms with Crippen molar-refractivity contribution >= 4 is 17.1 Å². The lowest BCUT2D eigenvalue weighted by Crippen LogP contribution is -2.03. The lowest BCUT2D eigenvalue weighted by atomic mass is 9.99. The Balaban J connectivity index is 2.13. The van der Waals surface area contributed by atoms with E-state index < -0.39 is 6.29 Å². The van der Waals surface area contributed by atoms with Crippen molar-refractivity contribution in [3.8, 4) is 0 Å². The van der Waals surface area contributed by atoms with Crippen molar-refractivity contribution in [1.29, 1.82) is 0 Å². The average molecular weight is 343 g/mol. The number of rotatable bonds is 6. The highest BCUT2D eigenvalue weighted by Gasteiger charge is 2.13. The molecule has 0 saturated heterocycles. The van der Waals surface area contributed by atoms with Gasteiger partial charge in [0, 0.05) is 19.8 Å². The summed E-state index contributed by atoms with van der Waals surface area (Å²) in [6.45, 7) is 0. The molecule has 0 aliphatic rings. The molecule has 0 unspecified atom stereocenters. The SMILES string of the molecule is COC(OC)c1ccccc1N=C=C(c1ccccc1)c1ccccc1. The van der Waals surface area contributed by atoms with Gasteiger partial charge in [0.1, 0.15) is 0 Å². The summed E-state index contributed by atoms with van der Waals surface area (Å²) in [5.41, 5.74) is 4.70. The molecule has 3 aromatic carbocycles. The molecule has 0 saturated carbocycles. The Morgan fingerprint density at radius 2 is 1.23 bits per heavy atom. The minimum Gasteiger partial charge on any atom is -0.352 e. The summed E-state index contributed by atoms with van der Waals surface area (Å²) in [4.78, 5) is 4.63. The molecule has 0 atom stereocenters. The predicted octanol–water partition coefficient (Wildman–Crippen LogP) is 5.41. The van der Waals surface area contributed by atoms with E-state index in [0.29, 0.717) is 0 Å². The third kappa shape index (κ3) is 4.16. The van der Waals surface area contributed by atoms with Crippen LogP contribution in [0.5, 0.6) is 0 Å². The van der Waals surface area contributed by atoms with Crippen LogP contribution in [0, 0.1) is 0 Å². The fourth-order valence-electron chi connectivity index (χ4n) is 2.76. The van der Waals surface area contributed by atoms with Crippen LogP contribution in [0.4, 0.5) is 5.69 Å². The van der Waals surface area contributed by atoms with Crippen molar-refractivity contribution < 1.29 is 9.47 Å². The normalized spacial score (nSPS) is 10.4. The molecular weight excluding hydrogens is 322 g/mol. The number of benzene rings is 3. The van der Waals surface area contributed by atoms with Crippen molar-refractivity contribution in [2.45, 2.75) is 6.29 Å². The zero-order chi connectivity index (χ0) is 18.2. The van der Waals surface area contributed by atoms with E-state index in [1.54, 1.807) is 14.2 Å². The summed E-state index contributed by atoms with van der Waals surface area (Å²) in [6.07, 6.45) is -0.464. The lowest BCUT2D eigenvalue weighted by molar-refractivity contribution is -0.105. The summed E-state index contributed by atoms with van der Waals surface area (Å²) in [6, 6.07) is 28.1. The number of nitrogens with zero attached hydrogens (tertiary/aromatic N) is 1. The van der Waals surface area contributed by atoms with Gasteiger partial charge >= 0.3 is 0 Å². The third-order valence-corrected chi connectivity index (χ3v) is 4.03. The molecule has 3 nitrogen and oxygen atoms in total. The molecule has 0 spiro atoms. The van der Waals surface area contributed by atoms with Gasteiger partial charge in [-0.25, -0.2) is 4.99 Å². The third-order valence-electron chi connectivity index (χ3n) is 4.03. The topological polar surface area (TPSA) is 30.8 Å². The first-order chi connectivity index (χ1) is 12.8. The van der Waals surface area contributed by atoms with Crippen LogP contribution >= 0.6 is 0 Å². The summed E-state index contributed by atoms with van der Waals surface area (Å²) in [7, 11) is 3.23. The zero-order valence-electron chi connectivity index (χ0n) is 14.9. The van der Waals surface area contributed by atoms with Crippen LogP contribution in [0.25, 0.3) is 5.57 Å². The molecule has 3 rings (SSSR count). The summed E-state index contributed by atoms with van der Waals surface area (Å²) in [5.74, 6) is 3.24. The Hall–Kier alpha value is -2.97. The minimum absolute atomic E-state index is 0.464. The van der Waals surface area contributed by atoms with Crippen molar-refractivity contribution in [3.05, 3.63) is 102 Å². The van der Waals surface area contributed by atoms with Gasteiger partial charge in [0.2, 0.25) is 0 Å². The second-order valence-corrected chi connectivity index (χ2v) is 5.69. The Bertz CT molecular complexity index is 852. The first-order valence-electron chi connectivity index (χ1n) is 8.42. The average Bonchev–Trinajstić information content (AvgIpc) is 2.72. The van der Waals surface area contributed by atoms with E-state index in [2.05, 4.69) is 35.1 Å². The van der Waals surface area contributed by atoms with Crippen LogP contribution in [0.15, 0.2) is 89.9 Å². The molecule has 0 heterocycles. The zero-order valence-corrected chi connectivity index (χ0v) is 14.9. The summed E-state index contributed by atoms with van der Waals surface area (Å²) >= 11 is 0. The van der Waals surface area contributed by atoms with E-state index in [1.807, 2.05) is 60.7 Å². The predicted molar refractivity (Wildman–Crippen MR) is 106 cm³/mol. The van der Waals surface area contributed by atoms with Crippen LogP contribution in [-0.4, -0.2) is 20.1 Å². The molecule has 0 aliphatic carbocycles. The molecule has 0 amide bonds. The van der Waals surface area contributed by atoms with Gasteiger partial charge in [0.15, 0.2) is 6.29 Å². The maximum absolute atomic E-state index is 5.39. The number of aliphatic imine (C=N–C) groups is 1. The van der Waals surface area contributed by atoms with E-state index in [-0.39, 0.29) is 0 Å². The van der Waals surface area contributed by atoms with Crippen LogP contribution in [0.2, 0.25) is 0 Å². The summed E-state index contributed by atoms with van der Waals surface area (Å²) in [5, 5.41) is 0. The number of methoxy groups -OCH3 is 2. The molecule has 0 N–H and O–H groups in total. The molecule has 0 radical (unpaired) electrons. The Kier molecular flexibility index (Phi) is 6.13. The maximum Gasteiger partial charge on any atom is 0.185 e. The van der Waals surface area contributed by atoms with Gasteiger partial charge in [-0.2, -0.15) is 0 Å². The second-order valence-electron chi connectivity index (χ2n) is 5.69. The molecule has 26 heavy (non-hydrogen) atoms. The van der Waals surface area contributed by atoms with Gasteiger partial charge in [0.25, 0.3) is 0 Å². The first kappa shape index (κ1) is 17.8.